The van der Waals surface area contributed by atoms with Gasteiger partial charge in [0.1, 0.15) is 11.7 Å². The fourth-order valence-corrected chi connectivity index (χ4v) is 5.21. The van der Waals surface area contributed by atoms with E-state index >= 15 is 0 Å². The number of H-pyrrole nitrogens is 2. The van der Waals surface area contributed by atoms with Crippen LogP contribution in [0.2, 0.25) is 10.0 Å². The summed E-state index contributed by atoms with van der Waals surface area (Å²) in [5, 5.41) is 14.2. The average molecular weight is 501 g/mol. The number of amidine groups is 2. The van der Waals surface area contributed by atoms with Gasteiger partial charge in [0, 0.05) is 46.0 Å². The zero-order chi connectivity index (χ0) is 24.1. The molecule has 3 aromatic carbocycles. The van der Waals surface area contributed by atoms with E-state index in [9.17, 15) is 0 Å². The second-order valence-corrected chi connectivity index (χ2v) is 9.41. The van der Waals surface area contributed by atoms with E-state index < -0.39 is 0 Å². The van der Waals surface area contributed by atoms with E-state index in [1.165, 1.54) is 0 Å². The van der Waals surface area contributed by atoms with Crippen LogP contribution in [0.15, 0.2) is 65.7 Å². The van der Waals surface area contributed by atoms with E-state index in [-0.39, 0.29) is 5.84 Å². The summed E-state index contributed by atoms with van der Waals surface area (Å²) in [6.07, 6.45) is 1.06. The first-order chi connectivity index (χ1) is 17.0. The molecule has 0 atom stereocenters. The van der Waals surface area contributed by atoms with Gasteiger partial charge in [-0.1, -0.05) is 71.7 Å². The first kappa shape index (κ1) is 21.8. The summed E-state index contributed by atoms with van der Waals surface area (Å²) in [4.78, 5) is 11.5. The highest BCUT2D eigenvalue weighted by molar-refractivity contribution is 6.39. The Balaban J connectivity index is 1.35. The van der Waals surface area contributed by atoms with Gasteiger partial charge in [0.2, 0.25) is 0 Å². The molecule has 174 valence electrons. The molecular weight excluding hydrogens is 479 g/mol. The minimum atomic E-state index is 0.0221. The molecule has 6 N–H and O–H groups in total. The predicted octanol–water partition coefficient (Wildman–Crippen LogP) is 6.31. The average Bonchev–Trinajstić information content (AvgIpc) is 3.40. The Morgan fingerprint density at radius 2 is 1.37 bits per heavy atom. The molecule has 8 heteroatoms. The molecule has 0 bridgehead atoms. The van der Waals surface area contributed by atoms with Crippen molar-refractivity contribution in [2.45, 2.75) is 6.42 Å². The number of halogens is 2. The molecule has 1 aliphatic heterocycles. The number of hydrogen-bond donors (Lipinski definition) is 5. The quantitative estimate of drug-likeness (QED) is 0.147. The van der Waals surface area contributed by atoms with Crippen LogP contribution in [0.1, 0.15) is 17.5 Å². The number of nitrogens with zero attached hydrogens (tertiary/aromatic N) is 1. The van der Waals surface area contributed by atoms with E-state index in [0.29, 0.717) is 15.6 Å². The molecular formula is C27H22Cl2N6. The second-order valence-electron chi connectivity index (χ2n) is 8.65. The number of fused-ring (bicyclic) bond motifs is 2. The Bertz CT molecular complexity index is 1640. The highest BCUT2D eigenvalue weighted by Gasteiger charge is 2.16. The standard InChI is InChI=1S/C27H22Cl2N6/c28-22-18-8-6-16(26(30)31)12-20(18)34-24(22)14-2-4-15(5-3-14)25-23(29)19-9-7-17(13-21(19)35-25)27-32-10-1-11-33-27/h2-9,12-13,34-35H,1,10-11H2,(H3,30,31)(H,32,33). The van der Waals surface area contributed by atoms with Crippen LogP contribution in [0.4, 0.5) is 0 Å². The van der Waals surface area contributed by atoms with Gasteiger partial charge < -0.3 is 21.0 Å². The Morgan fingerprint density at radius 3 is 1.94 bits per heavy atom. The molecule has 0 saturated heterocycles. The molecule has 1 aliphatic rings. The molecule has 6 rings (SSSR count). The van der Waals surface area contributed by atoms with Crippen molar-refractivity contribution in [1.29, 1.82) is 5.41 Å². The molecule has 6 nitrogen and oxygen atoms in total. The number of rotatable bonds is 4. The summed E-state index contributed by atoms with van der Waals surface area (Å²) in [6.45, 7) is 1.79. The third-order valence-corrected chi connectivity index (χ3v) is 7.20. The maximum atomic E-state index is 7.67. The van der Waals surface area contributed by atoms with Crippen LogP contribution in [-0.4, -0.2) is 34.7 Å². The zero-order valence-electron chi connectivity index (χ0n) is 18.7. The van der Waals surface area contributed by atoms with Gasteiger partial charge in [-0.15, -0.1) is 0 Å². The summed E-state index contributed by atoms with van der Waals surface area (Å²) >= 11 is 13.5. The highest BCUT2D eigenvalue weighted by atomic mass is 35.5. The monoisotopic (exact) mass is 500 g/mol. The lowest BCUT2D eigenvalue weighted by Crippen LogP contribution is -2.30. The molecule has 3 heterocycles. The zero-order valence-corrected chi connectivity index (χ0v) is 20.2. The SMILES string of the molecule is N=C(N)c1ccc2c(Cl)c(-c3ccc(-c4[nH]c5cc(C6=NCCCN6)ccc5c4Cl)cc3)[nH]c2c1. The van der Waals surface area contributed by atoms with Gasteiger partial charge in [-0.2, -0.15) is 0 Å². The summed E-state index contributed by atoms with van der Waals surface area (Å²) in [5.41, 5.74) is 12.8. The van der Waals surface area contributed by atoms with Crippen molar-refractivity contribution in [3.8, 4) is 22.5 Å². The summed E-state index contributed by atoms with van der Waals surface area (Å²) in [6, 6.07) is 19.8. The van der Waals surface area contributed by atoms with Crippen LogP contribution >= 0.6 is 23.2 Å². The van der Waals surface area contributed by atoms with Gasteiger partial charge in [0.25, 0.3) is 0 Å². The van der Waals surface area contributed by atoms with Crippen molar-refractivity contribution in [2.24, 2.45) is 10.7 Å². The minimum absolute atomic E-state index is 0.0221. The maximum Gasteiger partial charge on any atom is 0.128 e. The van der Waals surface area contributed by atoms with Crippen LogP contribution in [0.25, 0.3) is 44.3 Å². The molecule has 0 spiro atoms. The molecule has 0 aliphatic carbocycles. The lowest BCUT2D eigenvalue weighted by molar-refractivity contribution is 0.742. The van der Waals surface area contributed by atoms with E-state index in [1.807, 2.05) is 42.5 Å². The minimum Gasteiger partial charge on any atom is -0.384 e. The van der Waals surface area contributed by atoms with E-state index in [2.05, 4.69) is 32.4 Å². The number of nitrogens with two attached hydrogens (primary N) is 1. The first-order valence-electron chi connectivity index (χ1n) is 11.4. The van der Waals surface area contributed by atoms with Crippen molar-refractivity contribution in [1.82, 2.24) is 15.3 Å². The topological polar surface area (TPSA) is 106 Å². The van der Waals surface area contributed by atoms with Gasteiger partial charge in [-0.3, -0.25) is 10.4 Å². The number of nitrogen functional groups attached to an aromatic ring is 1. The number of hydrogen-bond acceptors (Lipinski definition) is 3. The van der Waals surface area contributed by atoms with E-state index in [1.54, 1.807) is 6.07 Å². The predicted molar refractivity (Wildman–Crippen MR) is 146 cm³/mol. The number of aliphatic imine (C=N–C) groups is 1. The van der Waals surface area contributed by atoms with Crippen molar-refractivity contribution in [3.05, 3.63) is 81.8 Å². The first-order valence-corrected chi connectivity index (χ1v) is 12.1. The molecule has 0 radical (unpaired) electrons. The highest BCUT2D eigenvalue weighted by Crippen LogP contribution is 2.38. The van der Waals surface area contributed by atoms with Gasteiger partial charge >= 0.3 is 0 Å². The summed E-state index contributed by atoms with van der Waals surface area (Å²) < 4.78 is 0. The van der Waals surface area contributed by atoms with Gasteiger partial charge in [0.05, 0.1) is 21.4 Å². The Morgan fingerprint density at radius 1 is 0.800 bits per heavy atom. The van der Waals surface area contributed by atoms with Crippen LogP contribution < -0.4 is 11.1 Å². The molecule has 0 saturated carbocycles. The summed E-state index contributed by atoms with van der Waals surface area (Å²) in [7, 11) is 0. The van der Waals surface area contributed by atoms with Crippen LogP contribution in [0, 0.1) is 5.41 Å². The number of benzene rings is 3. The van der Waals surface area contributed by atoms with E-state index in [0.717, 1.165) is 75.2 Å². The van der Waals surface area contributed by atoms with Crippen LogP contribution in [0.3, 0.4) is 0 Å². The smallest absolute Gasteiger partial charge is 0.128 e. The molecule has 0 amide bonds. The molecule has 35 heavy (non-hydrogen) atoms. The van der Waals surface area contributed by atoms with Gasteiger partial charge in [0.15, 0.2) is 0 Å². The molecule has 0 unspecified atom stereocenters. The van der Waals surface area contributed by atoms with Crippen molar-refractivity contribution < 1.29 is 0 Å². The largest absolute Gasteiger partial charge is 0.384 e. The lowest BCUT2D eigenvalue weighted by atomic mass is 10.1. The Kier molecular flexibility index (Phi) is 5.28. The third kappa shape index (κ3) is 3.75. The van der Waals surface area contributed by atoms with E-state index in [4.69, 9.17) is 34.3 Å². The normalized spacial score (nSPS) is 13.7. The molecule has 0 fully saturated rings. The fraction of sp³-hybridized carbons (Fsp3) is 0.111. The third-order valence-electron chi connectivity index (χ3n) is 6.41. The molecule has 5 aromatic rings. The number of aromatic amines is 2. The Labute approximate surface area is 211 Å². The second kappa shape index (κ2) is 8.48. The number of aromatic nitrogens is 2. The van der Waals surface area contributed by atoms with Crippen LogP contribution in [-0.2, 0) is 0 Å². The molecule has 2 aromatic heterocycles. The van der Waals surface area contributed by atoms with Crippen LogP contribution in [0.5, 0.6) is 0 Å². The van der Waals surface area contributed by atoms with Crippen molar-refractivity contribution >= 4 is 56.7 Å². The number of nitrogens with one attached hydrogen (secondary N) is 4. The Hall–Kier alpha value is -3.74. The fourth-order valence-electron chi connectivity index (χ4n) is 4.57. The summed E-state index contributed by atoms with van der Waals surface area (Å²) in [5.74, 6) is 0.953. The van der Waals surface area contributed by atoms with Crippen molar-refractivity contribution in [2.75, 3.05) is 13.1 Å². The lowest BCUT2D eigenvalue weighted by Gasteiger charge is -2.14. The maximum absolute atomic E-state index is 7.67. The van der Waals surface area contributed by atoms with Gasteiger partial charge in [-0.05, 0) is 29.7 Å². The van der Waals surface area contributed by atoms with Crippen molar-refractivity contribution in [3.63, 3.8) is 0 Å². The van der Waals surface area contributed by atoms with Gasteiger partial charge in [-0.25, -0.2) is 0 Å².